The molecule has 0 aliphatic carbocycles. The molecule has 1 aromatic heterocycles. The van der Waals surface area contributed by atoms with Crippen molar-refractivity contribution < 1.29 is 9.18 Å². The average molecular weight is 210 g/mol. The van der Waals surface area contributed by atoms with Crippen molar-refractivity contribution in [3.05, 3.63) is 29.8 Å². The summed E-state index contributed by atoms with van der Waals surface area (Å²) in [6.45, 7) is 6.22. The molecule has 0 unspecified atom stereocenters. The van der Waals surface area contributed by atoms with Gasteiger partial charge >= 0.3 is 0 Å². The van der Waals surface area contributed by atoms with Crippen molar-refractivity contribution in [2.24, 2.45) is 0 Å². The highest BCUT2D eigenvalue weighted by Crippen LogP contribution is 2.10. The molecule has 0 N–H and O–H groups in total. The quantitative estimate of drug-likeness (QED) is 0.716. The van der Waals surface area contributed by atoms with E-state index in [-0.39, 0.29) is 17.5 Å². The highest BCUT2D eigenvalue weighted by molar-refractivity contribution is 5.94. The first-order valence-corrected chi connectivity index (χ1v) is 4.99. The molecule has 0 atom stereocenters. The molecule has 82 valence electrons. The lowest BCUT2D eigenvalue weighted by Crippen LogP contribution is -2.37. The zero-order valence-corrected chi connectivity index (χ0v) is 9.20. The number of aromatic nitrogens is 1. The fourth-order valence-corrected chi connectivity index (χ4v) is 1.44. The minimum absolute atomic E-state index is 0.0352. The number of pyridine rings is 1. The fourth-order valence-electron chi connectivity index (χ4n) is 1.44. The van der Waals surface area contributed by atoms with Gasteiger partial charge < -0.3 is 4.90 Å². The van der Waals surface area contributed by atoms with Crippen LogP contribution in [0.4, 0.5) is 4.39 Å². The van der Waals surface area contributed by atoms with Crippen LogP contribution in [0.3, 0.4) is 0 Å². The minimum atomic E-state index is -0.707. The Bertz CT molecular complexity index is 352. The van der Waals surface area contributed by atoms with Crippen molar-refractivity contribution in [1.29, 1.82) is 0 Å². The number of halogens is 1. The molecule has 1 amide bonds. The number of amides is 1. The SMILES string of the molecule is CCN(C(=O)c1cccnc1F)C(C)C. The predicted octanol–water partition coefficient (Wildman–Crippen LogP) is 2.09. The van der Waals surface area contributed by atoms with E-state index in [0.29, 0.717) is 6.54 Å². The molecule has 15 heavy (non-hydrogen) atoms. The standard InChI is InChI=1S/C11H15FN2O/c1-4-14(8(2)3)11(15)9-6-5-7-13-10(9)12/h5-8H,4H2,1-3H3. The monoisotopic (exact) mass is 210 g/mol. The van der Waals surface area contributed by atoms with Gasteiger partial charge in [0.15, 0.2) is 0 Å². The molecule has 0 saturated heterocycles. The Morgan fingerprint density at radius 1 is 1.60 bits per heavy atom. The van der Waals surface area contributed by atoms with Crippen molar-refractivity contribution in [2.45, 2.75) is 26.8 Å². The summed E-state index contributed by atoms with van der Waals surface area (Å²) in [4.78, 5) is 16.9. The smallest absolute Gasteiger partial charge is 0.258 e. The lowest BCUT2D eigenvalue weighted by Gasteiger charge is -2.25. The van der Waals surface area contributed by atoms with E-state index in [9.17, 15) is 9.18 Å². The van der Waals surface area contributed by atoms with Gasteiger partial charge in [0.25, 0.3) is 5.91 Å². The summed E-state index contributed by atoms with van der Waals surface area (Å²) in [7, 11) is 0. The van der Waals surface area contributed by atoms with Crippen molar-refractivity contribution >= 4 is 5.91 Å². The maximum atomic E-state index is 13.2. The van der Waals surface area contributed by atoms with Crippen LogP contribution in [0.5, 0.6) is 0 Å². The van der Waals surface area contributed by atoms with Gasteiger partial charge in [0.2, 0.25) is 5.95 Å². The lowest BCUT2D eigenvalue weighted by atomic mass is 10.2. The molecule has 3 nitrogen and oxygen atoms in total. The Kier molecular flexibility index (Phi) is 3.77. The molecule has 0 radical (unpaired) electrons. The summed E-state index contributed by atoms with van der Waals surface area (Å²) in [6, 6.07) is 3.07. The Morgan fingerprint density at radius 2 is 2.27 bits per heavy atom. The van der Waals surface area contributed by atoms with Crippen LogP contribution in [0.25, 0.3) is 0 Å². The van der Waals surface area contributed by atoms with E-state index in [2.05, 4.69) is 4.98 Å². The van der Waals surface area contributed by atoms with Gasteiger partial charge in [0.05, 0.1) is 5.56 Å². The van der Waals surface area contributed by atoms with E-state index in [0.717, 1.165) is 0 Å². The van der Waals surface area contributed by atoms with Gasteiger partial charge in [-0.3, -0.25) is 4.79 Å². The molecule has 1 aromatic rings. The zero-order valence-electron chi connectivity index (χ0n) is 9.20. The zero-order chi connectivity index (χ0) is 11.4. The van der Waals surface area contributed by atoms with Gasteiger partial charge in [-0.05, 0) is 32.9 Å². The highest BCUT2D eigenvalue weighted by atomic mass is 19.1. The van der Waals surface area contributed by atoms with Crippen LogP contribution in [0.2, 0.25) is 0 Å². The van der Waals surface area contributed by atoms with Gasteiger partial charge in [-0.2, -0.15) is 4.39 Å². The van der Waals surface area contributed by atoms with Gasteiger partial charge in [-0.15, -0.1) is 0 Å². The molecule has 4 heteroatoms. The van der Waals surface area contributed by atoms with E-state index >= 15 is 0 Å². The normalized spacial score (nSPS) is 10.5. The molecule has 0 aliphatic heterocycles. The largest absolute Gasteiger partial charge is 0.336 e. The summed E-state index contributed by atoms with van der Waals surface area (Å²) >= 11 is 0. The van der Waals surface area contributed by atoms with Gasteiger partial charge in [0.1, 0.15) is 0 Å². The number of hydrogen-bond acceptors (Lipinski definition) is 2. The third-order valence-electron chi connectivity index (χ3n) is 2.21. The number of hydrogen-bond donors (Lipinski definition) is 0. The summed E-state index contributed by atoms with van der Waals surface area (Å²) in [6.07, 6.45) is 1.33. The van der Waals surface area contributed by atoms with E-state index in [1.54, 1.807) is 11.0 Å². The van der Waals surface area contributed by atoms with Crippen LogP contribution in [-0.4, -0.2) is 28.4 Å². The van der Waals surface area contributed by atoms with Crippen molar-refractivity contribution in [1.82, 2.24) is 9.88 Å². The van der Waals surface area contributed by atoms with E-state index < -0.39 is 5.95 Å². The van der Waals surface area contributed by atoms with E-state index in [1.165, 1.54) is 12.3 Å². The Hall–Kier alpha value is -1.45. The topological polar surface area (TPSA) is 33.2 Å². The summed E-state index contributed by atoms with van der Waals surface area (Å²) in [5.74, 6) is -1.01. The molecule has 0 spiro atoms. The van der Waals surface area contributed by atoms with Crippen LogP contribution in [0, 0.1) is 5.95 Å². The second-order valence-electron chi connectivity index (χ2n) is 3.53. The van der Waals surface area contributed by atoms with Crippen LogP contribution in [0.1, 0.15) is 31.1 Å². The van der Waals surface area contributed by atoms with Crippen molar-refractivity contribution in [3.8, 4) is 0 Å². The third kappa shape index (κ3) is 2.52. The predicted molar refractivity (Wildman–Crippen MR) is 56.0 cm³/mol. The molecular weight excluding hydrogens is 195 g/mol. The van der Waals surface area contributed by atoms with Gasteiger partial charge in [-0.25, -0.2) is 4.98 Å². The second kappa shape index (κ2) is 4.87. The minimum Gasteiger partial charge on any atom is -0.336 e. The first kappa shape index (κ1) is 11.6. The second-order valence-corrected chi connectivity index (χ2v) is 3.53. The number of carbonyl (C=O) groups is 1. The summed E-state index contributed by atoms with van der Waals surface area (Å²) < 4.78 is 13.2. The number of nitrogens with zero attached hydrogens (tertiary/aromatic N) is 2. The first-order chi connectivity index (χ1) is 7.07. The van der Waals surface area contributed by atoms with Crippen LogP contribution >= 0.6 is 0 Å². The van der Waals surface area contributed by atoms with Crippen LogP contribution in [-0.2, 0) is 0 Å². The molecule has 0 bridgehead atoms. The molecule has 0 aliphatic rings. The van der Waals surface area contributed by atoms with Crippen LogP contribution < -0.4 is 0 Å². The van der Waals surface area contributed by atoms with E-state index in [4.69, 9.17) is 0 Å². The third-order valence-corrected chi connectivity index (χ3v) is 2.21. The van der Waals surface area contributed by atoms with Gasteiger partial charge in [-0.1, -0.05) is 0 Å². The number of rotatable bonds is 3. The molecule has 0 saturated carbocycles. The summed E-state index contributed by atoms with van der Waals surface area (Å²) in [5.41, 5.74) is 0.0352. The Morgan fingerprint density at radius 3 is 2.73 bits per heavy atom. The average Bonchev–Trinajstić information content (AvgIpc) is 2.18. The maximum absolute atomic E-state index is 13.2. The molecule has 0 fully saturated rings. The molecule has 0 aromatic carbocycles. The number of carbonyl (C=O) groups excluding carboxylic acids is 1. The highest BCUT2D eigenvalue weighted by Gasteiger charge is 2.20. The van der Waals surface area contributed by atoms with Crippen molar-refractivity contribution in [3.63, 3.8) is 0 Å². The maximum Gasteiger partial charge on any atom is 0.258 e. The van der Waals surface area contributed by atoms with Gasteiger partial charge in [0, 0.05) is 18.8 Å². The lowest BCUT2D eigenvalue weighted by molar-refractivity contribution is 0.0711. The summed E-state index contributed by atoms with van der Waals surface area (Å²) in [5, 5.41) is 0. The van der Waals surface area contributed by atoms with E-state index in [1.807, 2.05) is 20.8 Å². The first-order valence-electron chi connectivity index (χ1n) is 4.99. The molecule has 1 rings (SSSR count). The Balaban J connectivity index is 2.98. The molecular formula is C11H15FN2O. The Labute approximate surface area is 88.9 Å². The van der Waals surface area contributed by atoms with Crippen molar-refractivity contribution in [2.75, 3.05) is 6.54 Å². The fraction of sp³-hybridized carbons (Fsp3) is 0.455. The van der Waals surface area contributed by atoms with Crippen LogP contribution in [0.15, 0.2) is 18.3 Å². The molecule has 1 heterocycles.